The molecule has 3 aromatic carbocycles. The topological polar surface area (TPSA) is 97.0 Å². The van der Waals surface area contributed by atoms with Crippen LogP contribution < -0.4 is 16.0 Å². The minimum atomic E-state index is -0.393. The molecular formula is C23H23ClN4O3. The Morgan fingerprint density at radius 2 is 1.77 bits per heavy atom. The van der Waals surface area contributed by atoms with Crippen LogP contribution >= 0.6 is 11.6 Å². The molecule has 8 heteroatoms. The molecule has 0 radical (unpaired) electrons. The summed E-state index contributed by atoms with van der Waals surface area (Å²) in [4.78, 5) is 31.5. The number of rotatable bonds is 8. The molecule has 0 aromatic heterocycles. The molecule has 0 aliphatic heterocycles. The maximum atomic E-state index is 12.7. The van der Waals surface area contributed by atoms with Crippen molar-refractivity contribution in [2.45, 2.75) is 13.3 Å². The van der Waals surface area contributed by atoms with Crippen molar-refractivity contribution in [3.05, 3.63) is 71.8 Å². The second kappa shape index (κ2) is 10.4. The zero-order valence-corrected chi connectivity index (χ0v) is 17.8. The van der Waals surface area contributed by atoms with E-state index in [1.54, 1.807) is 29.2 Å². The molecule has 31 heavy (non-hydrogen) atoms. The number of para-hydroxylation sites is 1. The van der Waals surface area contributed by atoms with Crippen LogP contribution in [0.25, 0.3) is 10.8 Å². The van der Waals surface area contributed by atoms with Crippen LogP contribution in [0.2, 0.25) is 5.02 Å². The van der Waals surface area contributed by atoms with Gasteiger partial charge in [0.05, 0.1) is 22.8 Å². The van der Waals surface area contributed by atoms with Crippen molar-refractivity contribution in [3.8, 4) is 0 Å². The molecule has 0 aliphatic carbocycles. The Hall–Kier alpha value is -3.58. The molecule has 0 saturated heterocycles. The number of carbonyl (C=O) groups is 2. The van der Waals surface area contributed by atoms with Crippen LogP contribution in [0, 0.1) is 0 Å². The molecule has 0 aliphatic rings. The van der Waals surface area contributed by atoms with E-state index in [0.717, 1.165) is 16.5 Å². The molecule has 0 bridgehead atoms. The zero-order chi connectivity index (χ0) is 22.2. The summed E-state index contributed by atoms with van der Waals surface area (Å²) in [6, 6.07) is 20.5. The summed E-state index contributed by atoms with van der Waals surface area (Å²) in [7, 11) is 0. The van der Waals surface area contributed by atoms with Gasteiger partial charge in [-0.1, -0.05) is 65.3 Å². The van der Waals surface area contributed by atoms with E-state index in [1.807, 2.05) is 49.4 Å². The van der Waals surface area contributed by atoms with E-state index in [2.05, 4.69) is 10.5 Å². The lowest BCUT2D eigenvalue weighted by molar-refractivity contribution is -0.123. The van der Waals surface area contributed by atoms with Crippen molar-refractivity contribution in [2.75, 3.05) is 23.4 Å². The lowest BCUT2D eigenvalue weighted by atomic mass is 10.1. The molecule has 0 fully saturated rings. The number of nitrogens with two attached hydrogens (primary N) is 1. The zero-order valence-electron chi connectivity index (χ0n) is 17.0. The summed E-state index contributed by atoms with van der Waals surface area (Å²) in [5, 5.41) is 8.77. The number of nitrogens with one attached hydrogen (secondary N) is 1. The van der Waals surface area contributed by atoms with E-state index in [4.69, 9.17) is 22.2 Å². The summed E-state index contributed by atoms with van der Waals surface area (Å²) in [5.41, 5.74) is 7.03. The smallest absolute Gasteiger partial charge is 0.267 e. The van der Waals surface area contributed by atoms with Gasteiger partial charge in [-0.3, -0.25) is 9.59 Å². The van der Waals surface area contributed by atoms with E-state index in [-0.39, 0.29) is 24.8 Å². The first-order chi connectivity index (χ1) is 15.0. The van der Waals surface area contributed by atoms with Gasteiger partial charge in [-0.2, -0.15) is 0 Å². The molecule has 0 unspecified atom stereocenters. The highest BCUT2D eigenvalue weighted by atomic mass is 35.5. The highest BCUT2D eigenvalue weighted by Crippen LogP contribution is 2.26. The summed E-state index contributed by atoms with van der Waals surface area (Å²) in [5.74, 6) is -0.711. The summed E-state index contributed by atoms with van der Waals surface area (Å²) < 4.78 is 0. The first kappa shape index (κ1) is 22.1. The third-order valence-corrected chi connectivity index (χ3v) is 4.86. The number of likely N-dealkylation sites (N-methyl/N-ethyl adjacent to an activating group) is 1. The third-order valence-electron chi connectivity index (χ3n) is 4.53. The van der Waals surface area contributed by atoms with E-state index >= 15 is 0 Å². The van der Waals surface area contributed by atoms with Gasteiger partial charge >= 0.3 is 0 Å². The Bertz CT molecular complexity index is 1110. The number of oxime groups is 1. The van der Waals surface area contributed by atoms with Gasteiger partial charge in [0.2, 0.25) is 5.91 Å². The highest BCUT2D eigenvalue weighted by molar-refractivity contribution is 6.33. The summed E-state index contributed by atoms with van der Waals surface area (Å²) in [6.07, 6.45) is -0.194. The number of fused-ring (bicyclic) bond motifs is 1. The van der Waals surface area contributed by atoms with Gasteiger partial charge in [-0.25, -0.2) is 0 Å². The maximum Gasteiger partial charge on any atom is 0.267 e. The second-order valence-electron chi connectivity index (χ2n) is 6.70. The Morgan fingerprint density at radius 3 is 2.55 bits per heavy atom. The second-order valence-corrected chi connectivity index (χ2v) is 7.10. The van der Waals surface area contributed by atoms with Crippen molar-refractivity contribution in [3.63, 3.8) is 0 Å². The molecule has 0 atom stereocenters. The number of carbonyl (C=O) groups excluding carboxylic acids is 2. The Labute approximate surface area is 185 Å². The van der Waals surface area contributed by atoms with Crippen LogP contribution in [-0.4, -0.2) is 30.8 Å². The third kappa shape index (κ3) is 5.73. The average molecular weight is 439 g/mol. The van der Waals surface area contributed by atoms with Gasteiger partial charge in [0.15, 0.2) is 6.61 Å². The predicted molar refractivity (Wildman–Crippen MR) is 124 cm³/mol. The molecule has 160 valence electrons. The number of amidine groups is 1. The normalized spacial score (nSPS) is 11.2. The molecule has 3 N–H and O–H groups in total. The molecular weight excluding hydrogens is 416 g/mol. The average Bonchev–Trinajstić information content (AvgIpc) is 2.76. The molecule has 2 amide bonds. The number of nitrogens with zero attached hydrogens (tertiary/aromatic N) is 2. The first-order valence-electron chi connectivity index (χ1n) is 9.76. The first-order valence-corrected chi connectivity index (χ1v) is 10.1. The van der Waals surface area contributed by atoms with Crippen molar-refractivity contribution in [2.24, 2.45) is 10.9 Å². The van der Waals surface area contributed by atoms with Crippen LogP contribution in [0.3, 0.4) is 0 Å². The fourth-order valence-electron chi connectivity index (χ4n) is 3.13. The van der Waals surface area contributed by atoms with Crippen LogP contribution in [0.5, 0.6) is 0 Å². The van der Waals surface area contributed by atoms with Crippen molar-refractivity contribution in [1.29, 1.82) is 0 Å². The SMILES string of the molecule is CCN(C(=O)CO/N=C(/N)CC(=O)Nc1ccccc1Cl)c1cccc2ccccc12. The van der Waals surface area contributed by atoms with E-state index < -0.39 is 5.91 Å². The number of amides is 2. The number of hydrogen-bond acceptors (Lipinski definition) is 4. The van der Waals surface area contributed by atoms with Crippen molar-refractivity contribution in [1.82, 2.24) is 0 Å². The lowest BCUT2D eigenvalue weighted by Gasteiger charge is -2.22. The van der Waals surface area contributed by atoms with Gasteiger partial charge in [-0.15, -0.1) is 0 Å². The van der Waals surface area contributed by atoms with E-state index in [9.17, 15) is 9.59 Å². The van der Waals surface area contributed by atoms with Gasteiger partial charge in [-0.05, 0) is 30.5 Å². The molecule has 0 saturated carbocycles. The van der Waals surface area contributed by atoms with Crippen LogP contribution in [-0.2, 0) is 14.4 Å². The fraction of sp³-hybridized carbons (Fsp3) is 0.174. The van der Waals surface area contributed by atoms with Gasteiger partial charge in [0, 0.05) is 11.9 Å². The highest BCUT2D eigenvalue weighted by Gasteiger charge is 2.17. The minimum absolute atomic E-state index is 0.0504. The monoisotopic (exact) mass is 438 g/mol. The quantitative estimate of drug-likeness (QED) is 0.313. The molecule has 0 heterocycles. The Morgan fingerprint density at radius 1 is 1.06 bits per heavy atom. The van der Waals surface area contributed by atoms with Gasteiger partial charge in [0.1, 0.15) is 5.84 Å². The largest absolute Gasteiger partial charge is 0.384 e. The molecule has 7 nitrogen and oxygen atoms in total. The number of hydrogen-bond donors (Lipinski definition) is 2. The fourth-order valence-corrected chi connectivity index (χ4v) is 3.31. The van der Waals surface area contributed by atoms with Gasteiger partial charge in [0.25, 0.3) is 5.91 Å². The van der Waals surface area contributed by atoms with Crippen LogP contribution in [0.15, 0.2) is 71.9 Å². The standard InChI is InChI=1S/C23H23ClN4O3/c1-2-28(20-13-7-9-16-8-3-4-10-17(16)20)23(30)15-31-27-21(25)14-22(29)26-19-12-6-5-11-18(19)24/h3-13H,2,14-15H2,1H3,(H2,25,27)(H,26,29). The van der Waals surface area contributed by atoms with Crippen LogP contribution in [0.4, 0.5) is 11.4 Å². The predicted octanol–water partition coefficient (Wildman–Crippen LogP) is 4.16. The van der Waals surface area contributed by atoms with Gasteiger partial charge < -0.3 is 20.8 Å². The van der Waals surface area contributed by atoms with E-state index in [0.29, 0.717) is 17.3 Å². The summed E-state index contributed by atoms with van der Waals surface area (Å²) >= 11 is 6.01. The number of halogens is 1. The van der Waals surface area contributed by atoms with Crippen molar-refractivity contribution < 1.29 is 14.4 Å². The Balaban J connectivity index is 1.58. The molecule has 0 spiro atoms. The summed E-state index contributed by atoms with van der Waals surface area (Å²) in [6.45, 7) is 2.05. The lowest BCUT2D eigenvalue weighted by Crippen LogP contribution is -2.34. The van der Waals surface area contributed by atoms with Crippen LogP contribution in [0.1, 0.15) is 13.3 Å². The van der Waals surface area contributed by atoms with E-state index in [1.165, 1.54) is 0 Å². The Kier molecular flexibility index (Phi) is 7.45. The number of anilines is 2. The molecule has 3 aromatic rings. The maximum absolute atomic E-state index is 12.7. The van der Waals surface area contributed by atoms with Crippen molar-refractivity contribution >= 4 is 51.4 Å². The molecule has 3 rings (SSSR count). The minimum Gasteiger partial charge on any atom is -0.384 e. The number of benzene rings is 3.